The van der Waals surface area contributed by atoms with Crippen LogP contribution in [-0.4, -0.2) is 38.3 Å². The van der Waals surface area contributed by atoms with Crippen LogP contribution < -0.4 is 20.1 Å². The van der Waals surface area contributed by atoms with Gasteiger partial charge in [0.25, 0.3) is 5.69 Å². The lowest BCUT2D eigenvalue weighted by atomic mass is 10.1. The zero-order chi connectivity index (χ0) is 18.7. The number of unbranched alkanes of at least 4 members (excludes halogenated alkanes) is 3. The van der Waals surface area contributed by atoms with E-state index in [0.717, 1.165) is 25.7 Å². The summed E-state index contributed by atoms with van der Waals surface area (Å²) < 4.78 is 10.3. The summed E-state index contributed by atoms with van der Waals surface area (Å²) in [6.07, 6.45) is 4.67. The number of carbonyl (C=O) groups is 1. The highest BCUT2D eigenvalue weighted by molar-refractivity contribution is 5.73. The smallest absolute Gasteiger partial charge is 0.314 e. The first-order valence-corrected chi connectivity index (χ1v) is 8.44. The Morgan fingerprint density at radius 1 is 1.08 bits per heavy atom. The average molecular weight is 353 g/mol. The molecule has 8 heteroatoms. The van der Waals surface area contributed by atoms with E-state index in [9.17, 15) is 14.9 Å². The van der Waals surface area contributed by atoms with Gasteiger partial charge in [-0.05, 0) is 18.9 Å². The third-order valence-electron chi connectivity index (χ3n) is 3.78. The molecule has 0 aliphatic rings. The van der Waals surface area contributed by atoms with Crippen LogP contribution in [0, 0.1) is 10.1 Å². The van der Waals surface area contributed by atoms with Crippen molar-refractivity contribution in [3.05, 3.63) is 27.8 Å². The van der Waals surface area contributed by atoms with Crippen LogP contribution in [0.1, 0.15) is 38.2 Å². The van der Waals surface area contributed by atoms with Gasteiger partial charge in [0.2, 0.25) is 0 Å². The molecule has 0 aliphatic heterocycles. The number of benzene rings is 1. The van der Waals surface area contributed by atoms with Crippen LogP contribution in [0.4, 0.5) is 10.5 Å². The fourth-order valence-electron chi connectivity index (χ4n) is 2.41. The molecule has 0 radical (unpaired) electrons. The van der Waals surface area contributed by atoms with Crippen molar-refractivity contribution >= 4 is 11.7 Å². The zero-order valence-electron chi connectivity index (χ0n) is 15.1. The molecule has 140 valence electrons. The first-order chi connectivity index (χ1) is 12.0. The predicted octanol–water partition coefficient (Wildman–Crippen LogP) is 3.03. The molecule has 0 aliphatic carbocycles. The minimum absolute atomic E-state index is 0.0561. The Bertz CT molecular complexity index is 578. The number of carbonyl (C=O) groups excluding carboxylic acids is 1. The monoisotopic (exact) mass is 353 g/mol. The van der Waals surface area contributed by atoms with Crippen LogP contribution in [0.25, 0.3) is 0 Å². The normalized spacial score (nSPS) is 10.2. The zero-order valence-corrected chi connectivity index (χ0v) is 15.1. The molecule has 1 rings (SSSR count). The first-order valence-electron chi connectivity index (χ1n) is 8.44. The summed E-state index contributed by atoms with van der Waals surface area (Å²) >= 11 is 0. The van der Waals surface area contributed by atoms with Crippen LogP contribution in [0.15, 0.2) is 12.1 Å². The molecule has 0 bridgehead atoms. The molecule has 1 aromatic carbocycles. The number of rotatable bonds is 11. The maximum atomic E-state index is 11.7. The fourth-order valence-corrected chi connectivity index (χ4v) is 2.41. The standard InChI is InChI=1S/C17H27N3O5/c1-4-5-6-7-9-18-17(21)19-10-8-13-11-15(24-2)16(25-3)12-14(13)20(22)23/h11-12H,4-10H2,1-3H3,(H2,18,19,21). The summed E-state index contributed by atoms with van der Waals surface area (Å²) in [4.78, 5) is 22.5. The van der Waals surface area contributed by atoms with Gasteiger partial charge in [-0.1, -0.05) is 26.2 Å². The highest BCUT2D eigenvalue weighted by atomic mass is 16.6. The second-order valence-corrected chi connectivity index (χ2v) is 5.59. The molecule has 0 aromatic heterocycles. The Kier molecular flexibility index (Phi) is 9.13. The van der Waals surface area contributed by atoms with Gasteiger partial charge in [-0.15, -0.1) is 0 Å². The van der Waals surface area contributed by atoms with Gasteiger partial charge < -0.3 is 20.1 Å². The lowest BCUT2D eigenvalue weighted by Gasteiger charge is -2.11. The van der Waals surface area contributed by atoms with E-state index in [1.807, 2.05) is 0 Å². The summed E-state index contributed by atoms with van der Waals surface area (Å²) in [5.74, 6) is 0.721. The molecule has 0 atom stereocenters. The van der Waals surface area contributed by atoms with Crippen molar-refractivity contribution in [2.45, 2.75) is 39.0 Å². The van der Waals surface area contributed by atoms with Crippen molar-refractivity contribution in [3.8, 4) is 11.5 Å². The van der Waals surface area contributed by atoms with E-state index in [1.165, 1.54) is 20.3 Å². The highest BCUT2D eigenvalue weighted by Crippen LogP contribution is 2.34. The molecule has 0 saturated carbocycles. The Labute approximate surface area is 148 Å². The molecule has 0 heterocycles. The number of nitrogens with one attached hydrogen (secondary N) is 2. The summed E-state index contributed by atoms with van der Waals surface area (Å²) in [6.45, 7) is 3.05. The molecule has 1 aromatic rings. The van der Waals surface area contributed by atoms with Gasteiger partial charge in [0.1, 0.15) is 0 Å². The molecule has 25 heavy (non-hydrogen) atoms. The van der Waals surface area contributed by atoms with Gasteiger partial charge in [-0.25, -0.2) is 4.79 Å². The van der Waals surface area contributed by atoms with Gasteiger partial charge >= 0.3 is 6.03 Å². The molecule has 0 spiro atoms. The number of urea groups is 1. The van der Waals surface area contributed by atoms with E-state index in [2.05, 4.69) is 17.6 Å². The molecule has 2 amide bonds. The summed E-state index contributed by atoms with van der Waals surface area (Å²) in [6, 6.07) is 2.64. The molecule has 0 saturated heterocycles. The Hall–Kier alpha value is -2.51. The summed E-state index contributed by atoms with van der Waals surface area (Å²) in [7, 11) is 2.89. The molecule has 0 fully saturated rings. The number of amides is 2. The van der Waals surface area contributed by atoms with Crippen molar-refractivity contribution in [1.82, 2.24) is 10.6 Å². The van der Waals surface area contributed by atoms with Crippen LogP contribution in [0.5, 0.6) is 11.5 Å². The number of methoxy groups -OCH3 is 2. The fraction of sp³-hybridized carbons (Fsp3) is 0.588. The van der Waals surface area contributed by atoms with Crippen LogP contribution >= 0.6 is 0 Å². The van der Waals surface area contributed by atoms with Crippen molar-refractivity contribution in [3.63, 3.8) is 0 Å². The Morgan fingerprint density at radius 3 is 2.32 bits per heavy atom. The Morgan fingerprint density at radius 2 is 1.72 bits per heavy atom. The summed E-state index contributed by atoms with van der Waals surface area (Å²) in [5, 5.41) is 16.7. The van der Waals surface area contributed by atoms with Gasteiger partial charge in [0, 0.05) is 18.7 Å². The van der Waals surface area contributed by atoms with Crippen molar-refractivity contribution < 1.29 is 19.2 Å². The number of hydrogen-bond donors (Lipinski definition) is 2. The maximum absolute atomic E-state index is 11.7. The van der Waals surface area contributed by atoms with Crippen LogP contribution in [0.2, 0.25) is 0 Å². The number of hydrogen-bond acceptors (Lipinski definition) is 5. The van der Waals surface area contributed by atoms with E-state index in [4.69, 9.17) is 9.47 Å². The van der Waals surface area contributed by atoms with E-state index in [0.29, 0.717) is 30.0 Å². The van der Waals surface area contributed by atoms with Gasteiger partial charge in [0.15, 0.2) is 11.5 Å². The van der Waals surface area contributed by atoms with Crippen LogP contribution in [0.3, 0.4) is 0 Å². The summed E-state index contributed by atoms with van der Waals surface area (Å²) in [5.41, 5.74) is 0.422. The molecule has 0 unspecified atom stereocenters. The van der Waals surface area contributed by atoms with Gasteiger partial charge in [-0.3, -0.25) is 10.1 Å². The largest absolute Gasteiger partial charge is 0.493 e. The average Bonchev–Trinajstić information content (AvgIpc) is 2.60. The van der Waals surface area contributed by atoms with Crippen LogP contribution in [-0.2, 0) is 6.42 Å². The first kappa shape index (κ1) is 20.5. The minimum Gasteiger partial charge on any atom is -0.493 e. The van der Waals surface area contributed by atoms with E-state index in [-0.39, 0.29) is 18.3 Å². The molecule has 2 N–H and O–H groups in total. The number of ether oxygens (including phenoxy) is 2. The van der Waals surface area contributed by atoms with Gasteiger partial charge in [-0.2, -0.15) is 0 Å². The number of nitrogens with zero attached hydrogens (tertiary/aromatic N) is 1. The highest BCUT2D eigenvalue weighted by Gasteiger charge is 2.19. The third-order valence-corrected chi connectivity index (χ3v) is 3.78. The topological polar surface area (TPSA) is 103 Å². The van der Waals surface area contributed by atoms with E-state index >= 15 is 0 Å². The lowest BCUT2D eigenvalue weighted by Crippen LogP contribution is -2.37. The minimum atomic E-state index is -0.467. The van der Waals surface area contributed by atoms with Gasteiger partial charge in [0.05, 0.1) is 25.2 Å². The molecular weight excluding hydrogens is 326 g/mol. The second-order valence-electron chi connectivity index (χ2n) is 5.59. The molecular formula is C17H27N3O5. The Balaban J connectivity index is 2.55. The van der Waals surface area contributed by atoms with Crippen molar-refractivity contribution in [2.24, 2.45) is 0 Å². The lowest BCUT2D eigenvalue weighted by molar-refractivity contribution is -0.385. The quantitative estimate of drug-likeness (QED) is 0.362. The predicted molar refractivity (Wildman–Crippen MR) is 95.4 cm³/mol. The van der Waals surface area contributed by atoms with Crippen molar-refractivity contribution in [2.75, 3.05) is 27.3 Å². The second kappa shape index (κ2) is 11.1. The molecule has 8 nitrogen and oxygen atoms in total. The third kappa shape index (κ3) is 6.86. The van der Waals surface area contributed by atoms with Crippen molar-refractivity contribution in [1.29, 1.82) is 0 Å². The van der Waals surface area contributed by atoms with E-state index < -0.39 is 4.92 Å². The SMILES string of the molecule is CCCCCCNC(=O)NCCc1cc(OC)c(OC)cc1[N+](=O)[O-]. The number of nitro benzene ring substituents is 1. The maximum Gasteiger partial charge on any atom is 0.314 e. The number of nitro groups is 1. The van der Waals surface area contributed by atoms with E-state index in [1.54, 1.807) is 6.07 Å².